The minimum Gasteiger partial charge on any atom is -0.505 e. The molecule has 47 heavy (non-hydrogen) atoms. The summed E-state index contributed by atoms with van der Waals surface area (Å²) in [5.41, 5.74) is 6.62. The van der Waals surface area contributed by atoms with E-state index in [0.717, 1.165) is 0 Å². The Hall–Kier alpha value is -6.14. The molecule has 0 aliphatic heterocycles. The third-order valence-electron chi connectivity index (χ3n) is 7.09. The van der Waals surface area contributed by atoms with E-state index in [1.54, 1.807) is 48.5 Å². The fraction of sp³-hybridized carbons (Fsp3) is 0.0882. The molecular formula is C34H28ClN5O7. The molecule has 0 heterocycles. The Balaban J connectivity index is 1.49. The number of nitrogens with two attached hydrogens (primary N) is 1. The first kappa shape index (κ1) is 32.3. The zero-order valence-electron chi connectivity index (χ0n) is 25.3. The van der Waals surface area contributed by atoms with Crippen molar-refractivity contribution in [3.63, 3.8) is 0 Å². The second-order valence-corrected chi connectivity index (χ2v) is 10.4. The molecule has 0 spiro atoms. The van der Waals surface area contributed by atoms with E-state index in [0.29, 0.717) is 39.3 Å². The second-order valence-electron chi connectivity index (χ2n) is 9.97. The number of phenols is 1. The smallest absolute Gasteiger partial charge is 0.259 e. The molecule has 0 bridgehead atoms. The number of azo groups is 1. The van der Waals surface area contributed by atoms with E-state index >= 15 is 0 Å². The number of carbonyl (C=O) groups is 3. The van der Waals surface area contributed by atoms with Crippen molar-refractivity contribution in [1.29, 1.82) is 0 Å². The maximum absolute atomic E-state index is 13.5. The number of methoxy groups -OCH3 is 3. The van der Waals surface area contributed by atoms with E-state index in [4.69, 9.17) is 31.5 Å². The van der Waals surface area contributed by atoms with Gasteiger partial charge in [-0.15, -0.1) is 10.2 Å². The lowest BCUT2D eigenvalue weighted by atomic mass is 10.0. The summed E-state index contributed by atoms with van der Waals surface area (Å²) in [7, 11) is 4.32. The first-order valence-corrected chi connectivity index (χ1v) is 14.3. The Labute approximate surface area is 273 Å². The van der Waals surface area contributed by atoms with Crippen LogP contribution in [0.4, 0.5) is 22.7 Å². The minimum atomic E-state index is -0.663. The van der Waals surface area contributed by atoms with E-state index in [1.165, 1.54) is 57.7 Å². The number of fused-ring (bicyclic) bond motifs is 1. The molecule has 0 fully saturated rings. The molecule has 5 rings (SSSR count). The molecule has 12 nitrogen and oxygen atoms in total. The van der Waals surface area contributed by atoms with Crippen LogP contribution < -0.4 is 30.6 Å². The summed E-state index contributed by atoms with van der Waals surface area (Å²) in [6.45, 7) is 0. The molecule has 0 saturated carbocycles. The van der Waals surface area contributed by atoms with Crippen LogP contribution in [0.25, 0.3) is 10.8 Å². The molecule has 5 N–H and O–H groups in total. The monoisotopic (exact) mass is 653 g/mol. The molecule has 3 amide bonds. The number of nitrogens with zero attached hydrogens (tertiary/aromatic N) is 2. The number of halogens is 1. The Kier molecular flexibility index (Phi) is 9.52. The van der Waals surface area contributed by atoms with Gasteiger partial charge in [0.25, 0.3) is 11.8 Å². The lowest BCUT2D eigenvalue weighted by Gasteiger charge is -2.15. The summed E-state index contributed by atoms with van der Waals surface area (Å²) in [6, 6.07) is 22.2. The van der Waals surface area contributed by atoms with Crippen LogP contribution in [0.15, 0.2) is 95.2 Å². The summed E-state index contributed by atoms with van der Waals surface area (Å²) in [5, 5.41) is 26.8. The van der Waals surface area contributed by atoms with Gasteiger partial charge in [0.1, 0.15) is 28.6 Å². The van der Waals surface area contributed by atoms with E-state index in [9.17, 15) is 19.5 Å². The highest BCUT2D eigenvalue weighted by molar-refractivity contribution is 6.32. The van der Waals surface area contributed by atoms with Gasteiger partial charge in [-0.25, -0.2) is 0 Å². The lowest BCUT2D eigenvalue weighted by Crippen LogP contribution is -2.13. The van der Waals surface area contributed by atoms with Gasteiger partial charge in [0.2, 0.25) is 5.91 Å². The third kappa shape index (κ3) is 6.92. The van der Waals surface area contributed by atoms with Gasteiger partial charge in [-0.3, -0.25) is 14.4 Å². The van der Waals surface area contributed by atoms with Crippen molar-refractivity contribution in [3.8, 4) is 23.0 Å². The number of primary amides is 1. The quantitative estimate of drug-likeness (QED) is 0.115. The average Bonchev–Trinajstić information content (AvgIpc) is 3.07. The molecule has 0 saturated heterocycles. The maximum atomic E-state index is 13.5. The van der Waals surface area contributed by atoms with Crippen LogP contribution in [-0.2, 0) is 0 Å². The summed E-state index contributed by atoms with van der Waals surface area (Å²) in [4.78, 5) is 37.9. The third-order valence-corrected chi connectivity index (χ3v) is 7.38. The van der Waals surface area contributed by atoms with Gasteiger partial charge in [-0.05, 0) is 60.0 Å². The highest BCUT2D eigenvalue weighted by atomic mass is 35.5. The standard InChI is InChI=1S/C34H28ClN5O7/c1-45-27-13-10-20(33(43)37-21-11-8-18(9-12-21)32(36)42)15-26(27)39-40-30-22-7-5-4-6-19(22)14-23(31(30)41)34(44)38-25-16-24(35)28(46-2)17-29(25)47-3/h4-17,41H,1-3H3,(H2,36,42)(H,37,43)(H,38,44)/b40-39+. The normalized spacial score (nSPS) is 10.9. The van der Waals surface area contributed by atoms with Crippen LogP contribution in [0.5, 0.6) is 23.0 Å². The van der Waals surface area contributed by atoms with Crippen molar-refractivity contribution in [2.24, 2.45) is 16.0 Å². The summed E-state index contributed by atoms with van der Waals surface area (Å²) < 4.78 is 16.0. The van der Waals surface area contributed by atoms with Gasteiger partial charge >= 0.3 is 0 Å². The number of phenolic OH excluding ortho intramolecular Hbond substituents is 1. The molecule has 13 heteroatoms. The van der Waals surface area contributed by atoms with E-state index < -0.39 is 23.5 Å². The molecule has 0 aliphatic carbocycles. The van der Waals surface area contributed by atoms with Crippen molar-refractivity contribution in [3.05, 3.63) is 107 Å². The largest absolute Gasteiger partial charge is 0.505 e. The van der Waals surface area contributed by atoms with Crippen LogP contribution in [-0.4, -0.2) is 44.2 Å². The van der Waals surface area contributed by atoms with Crippen molar-refractivity contribution >= 4 is 62.8 Å². The molecule has 0 atom stereocenters. The number of hydrogen-bond donors (Lipinski definition) is 4. The number of nitrogens with one attached hydrogen (secondary N) is 2. The topological polar surface area (TPSA) is 174 Å². The Morgan fingerprint density at radius 2 is 1.43 bits per heavy atom. The van der Waals surface area contributed by atoms with E-state index in [-0.39, 0.29) is 33.2 Å². The molecule has 238 valence electrons. The number of carbonyl (C=O) groups excluding carboxylic acids is 3. The number of benzene rings is 5. The fourth-order valence-electron chi connectivity index (χ4n) is 4.67. The van der Waals surface area contributed by atoms with Gasteiger partial charge in [-0.2, -0.15) is 0 Å². The zero-order valence-corrected chi connectivity index (χ0v) is 26.1. The predicted octanol–water partition coefficient (Wildman–Crippen LogP) is 7.24. The van der Waals surface area contributed by atoms with Gasteiger partial charge in [0, 0.05) is 28.3 Å². The van der Waals surface area contributed by atoms with Crippen LogP contribution >= 0.6 is 11.6 Å². The SMILES string of the molecule is COc1cc(OC)c(NC(=O)c2cc3ccccc3c(/N=N/c3cc(C(=O)Nc4ccc(C(N)=O)cc4)ccc3OC)c2O)cc1Cl. The van der Waals surface area contributed by atoms with Crippen molar-refractivity contribution in [2.75, 3.05) is 32.0 Å². The summed E-state index contributed by atoms with van der Waals surface area (Å²) in [5.74, 6) is -1.19. The van der Waals surface area contributed by atoms with Gasteiger partial charge in [0.05, 0.1) is 37.6 Å². The molecule has 5 aromatic rings. The van der Waals surface area contributed by atoms with Crippen LogP contribution in [0.3, 0.4) is 0 Å². The fourth-order valence-corrected chi connectivity index (χ4v) is 4.91. The van der Waals surface area contributed by atoms with Gasteiger partial charge in [-0.1, -0.05) is 35.9 Å². The number of rotatable bonds is 10. The number of ether oxygens (including phenoxy) is 3. The Bertz CT molecular complexity index is 2050. The molecule has 0 aliphatic rings. The maximum Gasteiger partial charge on any atom is 0.259 e. The Morgan fingerprint density at radius 3 is 2.11 bits per heavy atom. The van der Waals surface area contributed by atoms with Crippen molar-refractivity contribution in [1.82, 2.24) is 0 Å². The second kappa shape index (κ2) is 13.9. The lowest BCUT2D eigenvalue weighted by molar-refractivity contribution is 0.0996. The van der Waals surface area contributed by atoms with Crippen molar-refractivity contribution < 1.29 is 33.7 Å². The van der Waals surface area contributed by atoms with E-state index in [1.807, 2.05) is 0 Å². The number of anilines is 2. The number of aromatic hydroxyl groups is 1. The highest BCUT2D eigenvalue weighted by Gasteiger charge is 2.21. The molecule has 5 aromatic carbocycles. The van der Waals surface area contributed by atoms with Gasteiger partial charge < -0.3 is 35.7 Å². The van der Waals surface area contributed by atoms with Crippen molar-refractivity contribution in [2.45, 2.75) is 0 Å². The highest BCUT2D eigenvalue weighted by Crippen LogP contribution is 2.42. The average molecular weight is 654 g/mol. The minimum absolute atomic E-state index is 0.0134. The number of amides is 3. The first-order valence-electron chi connectivity index (χ1n) is 13.9. The van der Waals surface area contributed by atoms with Crippen LogP contribution in [0, 0.1) is 0 Å². The van der Waals surface area contributed by atoms with Gasteiger partial charge in [0.15, 0.2) is 5.75 Å². The summed E-state index contributed by atoms with van der Waals surface area (Å²) in [6.07, 6.45) is 0. The van der Waals surface area contributed by atoms with E-state index in [2.05, 4.69) is 20.9 Å². The Morgan fingerprint density at radius 1 is 0.745 bits per heavy atom. The zero-order chi connectivity index (χ0) is 33.7. The first-order chi connectivity index (χ1) is 22.6. The molecular weight excluding hydrogens is 626 g/mol. The van der Waals surface area contributed by atoms with Crippen LogP contribution in [0.2, 0.25) is 5.02 Å². The number of hydrogen-bond acceptors (Lipinski definition) is 9. The van der Waals surface area contributed by atoms with Crippen LogP contribution in [0.1, 0.15) is 31.1 Å². The molecule has 0 aromatic heterocycles. The summed E-state index contributed by atoms with van der Waals surface area (Å²) >= 11 is 6.27. The predicted molar refractivity (Wildman–Crippen MR) is 178 cm³/mol. The molecule has 0 radical (unpaired) electrons. The molecule has 0 unspecified atom stereocenters.